The summed E-state index contributed by atoms with van der Waals surface area (Å²) in [6.07, 6.45) is 1.86. The van der Waals surface area contributed by atoms with E-state index in [9.17, 15) is 24.4 Å². The Labute approximate surface area is 246 Å². The van der Waals surface area contributed by atoms with E-state index in [2.05, 4.69) is 20.9 Å². The van der Waals surface area contributed by atoms with Gasteiger partial charge in [0.2, 0.25) is 23.6 Å². The number of fused-ring (bicyclic) bond motifs is 11. The molecule has 3 rings (SSSR count). The summed E-state index contributed by atoms with van der Waals surface area (Å²) >= 11 is 0. The number of nitrogens with one attached hydrogen (secondary N) is 4. The maximum atomic E-state index is 13.7. The van der Waals surface area contributed by atoms with Gasteiger partial charge in [0.25, 0.3) is 0 Å². The third-order valence-electron chi connectivity index (χ3n) is 6.94. The summed E-state index contributed by atoms with van der Waals surface area (Å²) in [7, 11) is 0. The van der Waals surface area contributed by atoms with Gasteiger partial charge in [0.1, 0.15) is 17.8 Å². The van der Waals surface area contributed by atoms with Crippen LogP contribution in [0.3, 0.4) is 0 Å². The van der Waals surface area contributed by atoms with Crippen LogP contribution in [0.5, 0.6) is 5.75 Å². The molecule has 2 aliphatic heterocycles. The normalized spacial score (nSPS) is 19.9. The number of hydroxylamine groups is 1. The van der Waals surface area contributed by atoms with Crippen LogP contribution in [-0.4, -0.2) is 73.1 Å². The van der Waals surface area contributed by atoms with E-state index in [1.807, 2.05) is 26.0 Å². The molecule has 14 nitrogen and oxygen atoms in total. The minimum Gasteiger partial charge on any atom is -0.494 e. The Morgan fingerprint density at radius 1 is 1.17 bits per heavy atom. The molecule has 234 valence electrons. The van der Waals surface area contributed by atoms with Crippen LogP contribution >= 0.6 is 0 Å². The number of guanidine groups is 1. The predicted octanol–water partition coefficient (Wildman–Crippen LogP) is -0.716. The molecular formula is C28H46N8O6. The molecule has 2 aliphatic rings. The Balaban J connectivity index is 2.39. The molecule has 14 heteroatoms. The van der Waals surface area contributed by atoms with E-state index in [0.717, 1.165) is 5.56 Å². The Morgan fingerprint density at radius 2 is 1.88 bits per heavy atom. The summed E-state index contributed by atoms with van der Waals surface area (Å²) in [4.78, 5) is 56.9. The molecule has 42 heavy (non-hydrogen) atoms. The number of rotatable bonds is 12. The fraction of sp³-hybridized carbons (Fsp3) is 0.607. The van der Waals surface area contributed by atoms with Gasteiger partial charge in [-0.15, -0.1) is 0 Å². The largest absolute Gasteiger partial charge is 0.494 e. The SMILES string of the molecule is CC(C)C[C@H]1C(=O)NC(C(=O)N[C@@H](CCCN=C(N)N)C(=O)NCCN)Cc2ccc(cc2)OCCC[C@@H]1C(=O)NO. The van der Waals surface area contributed by atoms with Crippen molar-refractivity contribution in [1.82, 2.24) is 21.4 Å². The zero-order chi connectivity index (χ0) is 31.1. The van der Waals surface area contributed by atoms with Gasteiger partial charge in [-0.3, -0.25) is 29.4 Å². The lowest BCUT2D eigenvalue weighted by molar-refractivity contribution is -0.142. The van der Waals surface area contributed by atoms with Crippen LogP contribution < -0.4 is 43.4 Å². The van der Waals surface area contributed by atoms with Crippen LogP contribution in [-0.2, 0) is 25.6 Å². The fourth-order valence-electron chi connectivity index (χ4n) is 4.86. The zero-order valence-electron chi connectivity index (χ0n) is 24.4. The van der Waals surface area contributed by atoms with E-state index in [0.29, 0.717) is 31.6 Å². The molecular weight excluding hydrogens is 544 g/mol. The monoisotopic (exact) mass is 590 g/mol. The lowest BCUT2D eigenvalue weighted by Crippen LogP contribution is -2.56. The first-order chi connectivity index (χ1) is 20.0. The van der Waals surface area contributed by atoms with E-state index >= 15 is 0 Å². The minimum absolute atomic E-state index is 0.0461. The van der Waals surface area contributed by atoms with Gasteiger partial charge in [0.15, 0.2) is 5.96 Å². The molecule has 0 saturated carbocycles. The number of ether oxygens (including phenoxy) is 1. The van der Waals surface area contributed by atoms with Crippen LogP contribution in [0.1, 0.15) is 51.5 Å². The summed E-state index contributed by atoms with van der Waals surface area (Å²) in [5.74, 6) is -3.25. The number of benzene rings is 1. The smallest absolute Gasteiger partial charge is 0.247 e. The Morgan fingerprint density at radius 3 is 2.50 bits per heavy atom. The van der Waals surface area contributed by atoms with E-state index < -0.39 is 47.5 Å². The molecule has 0 spiro atoms. The van der Waals surface area contributed by atoms with Crippen molar-refractivity contribution in [3.63, 3.8) is 0 Å². The highest BCUT2D eigenvalue weighted by atomic mass is 16.5. The molecule has 0 aromatic heterocycles. The van der Waals surface area contributed by atoms with Gasteiger partial charge < -0.3 is 37.9 Å². The standard InChI is InChI=1S/C28H46N8O6/c1-17(2)15-21-20(25(38)36-41)5-4-14-42-19-9-7-18(8-10-19)16-23(35-24(21)37)27(40)34-22(26(39)32-13-11-29)6-3-12-33-28(30)31/h7-10,17,20-23,41H,3-6,11-16,29H2,1-2H3,(H,32,39)(H,34,40)(H,35,37)(H,36,38)(H4,30,31,33)/t20-,21+,22-,23?/m0/s1. The number of carbonyl (C=O) groups is 4. The Hall–Kier alpha value is -3.91. The van der Waals surface area contributed by atoms with Crippen molar-refractivity contribution in [3.05, 3.63) is 29.8 Å². The topological polar surface area (TPSA) is 236 Å². The van der Waals surface area contributed by atoms with Gasteiger partial charge in [-0.1, -0.05) is 26.0 Å². The number of hydrogen-bond donors (Lipinski definition) is 8. The molecule has 4 atom stereocenters. The third kappa shape index (κ3) is 11.5. The van der Waals surface area contributed by atoms with Crippen LogP contribution in [0.15, 0.2) is 29.3 Å². The molecule has 0 saturated heterocycles. The summed E-state index contributed by atoms with van der Waals surface area (Å²) in [6, 6.07) is 5.15. The second-order valence-corrected chi connectivity index (χ2v) is 10.8. The Kier molecular flexibility index (Phi) is 14.5. The molecule has 0 fully saturated rings. The average molecular weight is 591 g/mol. The van der Waals surface area contributed by atoms with Crippen molar-refractivity contribution in [2.45, 2.75) is 64.5 Å². The van der Waals surface area contributed by atoms with Crippen molar-refractivity contribution >= 4 is 29.6 Å². The highest BCUT2D eigenvalue weighted by Gasteiger charge is 2.36. The first-order valence-electron chi connectivity index (χ1n) is 14.3. The summed E-state index contributed by atoms with van der Waals surface area (Å²) < 4.78 is 5.80. The summed E-state index contributed by atoms with van der Waals surface area (Å²) in [5.41, 5.74) is 18.7. The first-order valence-corrected chi connectivity index (χ1v) is 14.3. The molecule has 4 amide bonds. The van der Waals surface area contributed by atoms with Gasteiger partial charge in [-0.25, -0.2) is 5.48 Å². The molecule has 0 aliphatic carbocycles. The van der Waals surface area contributed by atoms with Gasteiger partial charge in [-0.05, 0) is 55.7 Å². The van der Waals surface area contributed by atoms with Gasteiger partial charge in [0, 0.05) is 32.0 Å². The second-order valence-electron chi connectivity index (χ2n) is 10.8. The molecule has 1 aromatic rings. The molecule has 11 N–H and O–H groups in total. The molecule has 2 heterocycles. The number of nitrogens with zero attached hydrogens (tertiary/aromatic N) is 1. The van der Waals surface area contributed by atoms with E-state index in [-0.39, 0.29) is 50.8 Å². The average Bonchev–Trinajstić information content (AvgIpc) is 2.95. The number of carbonyl (C=O) groups excluding carboxylic acids is 4. The Bertz CT molecular complexity index is 1060. The third-order valence-corrected chi connectivity index (χ3v) is 6.94. The first kappa shape index (κ1) is 34.3. The highest BCUT2D eigenvalue weighted by molar-refractivity contribution is 5.94. The van der Waals surface area contributed by atoms with Crippen molar-refractivity contribution in [3.8, 4) is 5.75 Å². The van der Waals surface area contributed by atoms with Gasteiger partial charge in [-0.2, -0.15) is 0 Å². The van der Waals surface area contributed by atoms with Crippen molar-refractivity contribution in [2.24, 2.45) is 39.9 Å². The molecule has 2 bridgehead atoms. The fourth-order valence-corrected chi connectivity index (χ4v) is 4.86. The highest BCUT2D eigenvalue weighted by Crippen LogP contribution is 2.27. The van der Waals surface area contributed by atoms with Gasteiger partial charge >= 0.3 is 0 Å². The van der Waals surface area contributed by atoms with Crippen molar-refractivity contribution in [2.75, 3.05) is 26.2 Å². The number of nitrogens with two attached hydrogens (primary N) is 3. The van der Waals surface area contributed by atoms with Crippen molar-refractivity contribution in [1.29, 1.82) is 0 Å². The van der Waals surface area contributed by atoms with Crippen LogP contribution in [0.2, 0.25) is 0 Å². The van der Waals surface area contributed by atoms with Crippen LogP contribution in [0, 0.1) is 17.8 Å². The lowest BCUT2D eigenvalue weighted by Gasteiger charge is -2.29. The van der Waals surface area contributed by atoms with E-state index in [1.54, 1.807) is 17.6 Å². The van der Waals surface area contributed by atoms with Crippen LogP contribution in [0.25, 0.3) is 0 Å². The minimum atomic E-state index is -1.07. The zero-order valence-corrected chi connectivity index (χ0v) is 24.4. The molecule has 0 radical (unpaired) electrons. The lowest BCUT2D eigenvalue weighted by atomic mass is 9.81. The maximum absolute atomic E-state index is 13.7. The van der Waals surface area contributed by atoms with E-state index in [1.165, 1.54) is 0 Å². The number of aliphatic imine (C=N–C) groups is 1. The molecule has 1 aromatic carbocycles. The number of amides is 4. The molecule has 1 unspecified atom stereocenters. The van der Waals surface area contributed by atoms with Gasteiger partial charge in [0.05, 0.1) is 12.5 Å². The van der Waals surface area contributed by atoms with Crippen molar-refractivity contribution < 1.29 is 29.1 Å². The quantitative estimate of drug-likeness (QED) is 0.0503. The predicted molar refractivity (Wildman–Crippen MR) is 157 cm³/mol. The second kappa shape index (κ2) is 17.8. The summed E-state index contributed by atoms with van der Waals surface area (Å²) in [5, 5.41) is 17.7. The maximum Gasteiger partial charge on any atom is 0.247 e. The van der Waals surface area contributed by atoms with E-state index in [4.69, 9.17) is 21.9 Å². The van der Waals surface area contributed by atoms with Crippen LogP contribution in [0.4, 0.5) is 0 Å². The summed E-state index contributed by atoms with van der Waals surface area (Å²) in [6.45, 7) is 4.88. The number of hydrogen-bond acceptors (Lipinski definition) is 8.